The van der Waals surface area contributed by atoms with Crippen LogP contribution in [-0.2, 0) is 0 Å². The quantitative estimate of drug-likeness (QED) is 0.403. The molecule has 0 saturated heterocycles. The van der Waals surface area contributed by atoms with Gasteiger partial charge in [0, 0.05) is 16.7 Å². The number of thioether (sulfide) groups is 1. The molecule has 0 bridgehead atoms. The molecule has 0 saturated carbocycles. The van der Waals surface area contributed by atoms with Crippen molar-refractivity contribution in [1.29, 1.82) is 5.26 Å². The van der Waals surface area contributed by atoms with E-state index in [0.29, 0.717) is 10.7 Å². The summed E-state index contributed by atoms with van der Waals surface area (Å²) in [5.41, 5.74) is 0.646. The largest absolute Gasteiger partial charge is 0.237 e. The molecule has 0 atom stereocenters. The van der Waals surface area contributed by atoms with Crippen LogP contribution < -0.4 is 10.6 Å². The predicted molar refractivity (Wildman–Crippen MR) is 125 cm³/mol. The molecule has 0 radical (unpaired) electrons. The van der Waals surface area contributed by atoms with Gasteiger partial charge in [-0.15, -0.1) is 0 Å². The molecule has 3 aromatic rings. The van der Waals surface area contributed by atoms with Gasteiger partial charge in [0.1, 0.15) is 0 Å². The van der Waals surface area contributed by atoms with Crippen molar-refractivity contribution in [2.75, 3.05) is 0 Å². The number of nitrogens with zero attached hydrogens (tertiary/aromatic N) is 2. The minimum Gasteiger partial charge on any atom is -0.237 e. The Bertz CT molecular complexity index is 1190. The zero-order chi connectivity index (χ0) is 20.1. The van der Waals surface area contributed by atoms with E-state index >= 15 is 0 Å². The Kier molecular flexibility index (Phi) is 5.55. The molecule has 2 nitrogen and oxygen atoms in total. The highest BCUT2D eigenvalue weighted by atomic mass is 32.2. The fraction of sp³-hybridized carbons (Fsp3) is 0. The molecule has 0 amide bonds. The molecule has 138 valence electrons. The summed E-state index contributed by atoms with van der Waals surface area (Å²) in [7, 11) is 0. The van der Waals surface area contributed by atoms with Gasteiger partial charge in [-0.3, -0.25) is 0 Å². The molecule has 0 unspecified atom stereocenters. The Morgan fingerprint density at radius 1 is 0.759 bits per heavy atom. The number of hydrogen-bond donors (Lipinski definition) is 0. The highest BCUT2D eigenvalue weighted by Gasteiger charge is 2.34. The molecule has 0 spiro atoms. The van der Waals surface area contributed by atoms with Crippen LogP contribution in [0.4, 0.5) is 0 Å². The van der Waals surface area contributed by atoms with E-state index in [0.717, 1.165) is 20.4 Å². The standard InChI is InChI=1S/C25H17N2PS/c1-27-25-18-24(29-23-15-9-4-10-16-23)17-22(19-26)28(25,20-11-5-2-6-12-20)21-13-7-3-8-14-21/h2-18H. The van der Waals surface area contributed by atoms with Crippen LogP contribution in [0, 0.1) is 17.9 Å². The van der Waals surface area contributed by atoms with Crippen molar-refractivity contribution in [3.8, 4) is 6.07 Å². The van der Waals surface area contributed by atoms with Gasteiger partial charge in [0.25, 0.3) is 0 Å². The lowest BCUT2D eigenvalue weighted by Gasteiger charge is -2.30. The van der Waals surface area contributed by atoms with Gasteiger partial charge < -0.3 is 0 Å². The first-order valence-corrected chi connectivity index (χ1v) is 11.7. The van der Waals surface area contributed by atoms with Gasteiger partial charge in [0.15, 0.2) is 5.44 Å². The Hall–Kier alpha value is -3.23. The third kappa shape index (κ3) is 3.48. The van der Waals surface area contributed by atoms with Gasteiger partial charge >= 0.3 is 0 Å². The van der Waals surface area contributed by atoms with Crippen LogP contribution in [0.15, 0.2) is 118 Å². The summed E-state index contributed by atoms with van der Waals surface area (Å²) in [6, 6.07) is 32.5. The van der Waals surface area contributed by atoms with Crippen molar-refractivity contribution >= 4 is 34.6 Å². The third-order valence-corrected chi connectivity index (χ3v) is 9.74. The van der Waals surface area contributed by atoms with E-state index in [1.54, 1.807) is 11.8 Å². The van der Waals surface area contributed by atoms with E-state index in [-0.39, 0.29) is 0 Å². The summed E-state index contributed by atoms with van der Waals surface area (Å²) < 4.78 is 0. The highest BCUT2D eigenvalue weighted by molar-refractivity contribution is 8.03. The van der Waals surface area contributed by atoms with Crippen LogP contribution in [0.1, 0.15) is 0 Å². The number of nitriles is 1. The van der Waals surface area contributed by atoms with Crippen LogP contribution in [0.2, 0.25) is 0 Å². The zero-order valence-electron chi connectivity index (χ0n) is 15.6. The molecule has 3 aromatic carbocycles. The molecule has 1 aliphatic heterocycles. The van der Waals surface area contributed by atoms with Crippen LogP contribution in [0.3, 0.4) is 0 Å². The molecule has 0 aromatic heterocycles. The van der Waals surface area contributed by atoms with E-state index < -0.39 is 6.89 Å². The number of hydrogen-bond acceptors (Lipinski definition) is 2. The monoisotopic (exact) mass is 408 g/mol. The Labute approximate surface area is 175 Å². The molecule has 1 aliphatic rings. The van der Waals surface area contributed by atoms with Crippen molar-refractivity contribution < 1.29 is 0 Å². The van der Waals surface area contributed by atoms with Gasteiger partial charge in [0.2, 0.25) is 0 Å². The van der Waals surface area contributed by atoms with Crippen molar-refractivity contribution in [2.24, 2.45) is 0 Å². The van der Waals surface area contributed by atoms with Gasteiger partial charge in [-0.2, -0.15) is 5.26 Å². The maximum absolute atomic E-state index is 10.2. The van der Waals surface area contributed by atoms with Crippen LogP contribution >= 0.6 is 18.6 Å². The lowest BCUT2D eigenvalue weighted by atomic mass is 10.3. The van der Waals surface area contributed by atoms with Crippen LogP contribution in [0.25, 0.3) is 4.85 Å². The fourth-order valence-electron chi connectivity index (χ4n) is 3.51. The van der Waals surface area contributed by atoms with Crippen molar-refractivity contribution in [3.63, 3.8) is 0 Å². The lowest BCUT2D eigenvalue weighted by Crippen LogP contribution is -2.23. The topological polar surface area (TPSA) is 28.1 Å². The van der Waals surface area contributed by atoms with E-state index in [4.69, 9.17) is 6.57 Å². The average Bonchev–Trinajstić information content (AvgIpc) is 2.80. The molecule has 0 fully saturated rings. The maximum atomic E-state index is 10.2. The second kappa shape index (κ2) is 8.42. The smallest absolute Gasteiger partial charge is 0.196 e. The molecule has 29 heavy (non-hydrogen) atoms. The van der Waals surface area contributed by atoms with Gasteiger partial charge in [-0.05, 0) is 34.9 Å². The van der Waals surface area contributed by atoms with Crippen molar-refractivity contribution in [2.45, 2.75) is 4.90 Å². The highest BCUT2D eigenvalue weighted by Crippen LogP contribution is 2.58. The number of allylic oxidation sites excluding steroid dienone is 2. The molecule has 0 aliphatic carbocycles. The molecule has 1 heterocycles. The summed E-state index contributed by atoms with van der Waals surface area (Å²) in [5.74, 6) is 0. The molecular weight excluding hydrogens is 391 g/mol. The minimum atomic E-state index is -2.48. The molecule has 0 N–H and O–H groups in total. The molecular formula is C25H17N2PS. The first-order chi connectivity index (χ1) is 14.3. The van der Waals surface area contributed by atoms with E-state index in [1.165, 1.54) is 0 Å². The van der Waals surface area contributed by atoms with Crippen molar-refractivity contribution in [3.05, 3.63) is 125 Å². The summed E-state index contributed by atoms with van der Waals surface area (Å²) in [6.07, 6.45) is 3.94. The fourth-order valence-corrected chi connectivity index (χ4v) is 8.44. The third-order valence-electron chi connectivity index (χ3n) is 4.75. The van der Waals surface area contributed by atoms with Crippen LogP contribution in [0.5, 0.6) is 0 Å². The first-order valence-electron chi connectivity index (χ1n) is 9.11. The zero-order valence-corrected chi connectivity index (χ0v) is 17.3. The Morgan fingerprint density at radius 2 is 1.28 bits per heavy atom. The average molecular weight is 408 g/mol. The predicted octanol–water partition coefficient (Wildman–Crippen LogP) is 5.80. The molecule has 4 heteroatoms. The maximum Gasteiger partial charge on any atom is 0.196 e. The second-order valence-electron chi connectivity index (χ2n) is 6.42. The van der Waals surface area contributed by atoms with Gasteiger partial charge in [0.05, 0.1) is 17.9 Å². The Morgan fingerprint density at radius 3 is 1.76 bits per heavy atom. The van der Waals surface area contributed by atoms with E-state index in [2.05, 4.69) is 10.9 Å². The van der Waals surface area contributed by atoms with Gasteiger partial charge in [-0.1, -0.05) is 90.6 Å². The summed E-state index contributed by atoms with van der Waals surface area (Å²) in [6.45, 7) is 5.53. The van der Waals surface area contributed by atoms with Crippen molar-refractivity contribution in [1.82, 2.24) is 0 Å². The summed E-state index contributed by atoms with van der Waals surface area (Å²) in [4.78, 5) is 5.98. The Balaban J connectivity index is 2.02. The SMILES string of the molecule is [C-]#[N+]C1=CC(Sc2ccccc2)=CC(C#N)=P1(c1ccccc1)c1ccccc1. The second-order valence-corrected chi connectivity index (χ2v) is 10.9. The summed E-state index contributed by atoms with van der Waals surface area (Å²) >= 11 is 1.58. The normalized spacial score (nSPS) is 14.9. The lowest BCUT2D eigenvalue weighted by molar-refractivity contribution is 1.47. The number of rotatable bonds is 4. The molecule has 4 rings (SSSR count). The number of benzene rings is 3. The minimum absolute atomic E-state index is 0.646. The van der Waals surface area contributed by atoms with Gasteiger partial charge in [-0.25, -0.2) is 4.85 Å². The summed E-state index contributed by atoms with van der Waals surface area (Å²) in [5, 5.41) is 12.9. The first kappa shape index (κ1) is 19.1. The van der Waals surface area contributed by atoms with E-state index in [1.807, 2.05) is 103 Å². The van der Waals surface area contributed by atoms with E-state index in [9.17, 15) is 5.26 Å². The van der Waals surface area contributed by atoms with Crippen LogP contribution in [-0.4, -0.2) is 5.29 Å².